The van der Waals surface area contributed by atoms with E-state index in [4.69, 9.17) is 9.47 Å². The van der Waals surface area contributed by atoms with Crippen LogP contribution in [-0.4, -0.2) is 85.6 Å². The predicted molar refractivity (Wildman–Crippen MR) is 169 cm³/mol. The van der Waals surface area contributed by atoms with Gasteiger partial charge in [-0.05, 0) is 70.2 Å². The van der Waals surface area contributed by atoms with Crippen LogP contribution >= 0.6 is 0 Å². The standard InChI is InChI=1S/C33H41N5O5S/c1-5-7-23(4)30(22(2)3)28-17-29-35-32(34-28)36-44(40,41)27-9-6-8-24(16-27)31(39)38-15-14-37(18-26(19-38)43-29)25-10-12-33(13-11-25)20-42-21-33/h5-9,16-17,25-26H,1,10-15,18-21H2,2-4H3,(H,34,35,36)/b23-7-/t26-/m1/s1. The molecule has 44 heavy (non-hydrogen) atoms. The van der Waals surface area contributed by atoms with E-state index in [-0.39, 0.29) is 28.7 Å². The molecule has 0 unspecified atom stereocenters. The number of hydrogen-bond acceptors (Lipinski definition) is 8. The SMILES string of the molecule is C=C/C=C(/C)C(=C(C)C)c1cc2nc(n1)NS(=O)(=O)c1cccc(c1)C(=O)N1CCN(C3CCC4(CC3)COC4)C[C@H](C1)O2. The van der Waals surface area contributed by atoms with Crippen molar-refractivity contribution in [1.29, 1.82) is 0 Å². The van der Waals surface area contributed by atoms with Gasteiger partial charge in [0.25, 0.3) is 15.9 Å². The second-order valence-electron chi connectivity index (χ2n) is 12.7. The number of aromatic nitrogens is 2. The maximum absolute atomic E-state index is 13.8. The lowest BCUT2D eigenvalue weighted by molar-refractivity contribution is -0.138. The molecule has 3 fully saturated rings. The number of carbonyl (C=O) groups is 1. The first-order chi connectivity index (χ1) is 21.1. The first-order valence-electron chi connectivity index (χ1n) is 15.3. The minimum Gasteiger partial charge on any atom is -0.471 e. The van der Waals surface area contributed by atoms with Crippen LogP contribution in [0.1, 0.15) is 62.5 Å². The molecule has 10 nitrogen and oxygen atoms in total. The number of anilines is 1. The fraction of sp³-hybridized carbons (Fsp3) is 0.485. The highest BCUT2D eigenvalue weighted by atomic mass is 32.2. The highest BCUT2D eigenvalue weighted by Gasteiger charge is 2.43. The molecule has 1 saturated carbocycles. The molecule has 3 aliphatic heterocycles. The molecule has 1 aliphatic carbocycles. The minimum absolute atomic E-state index is 0.0339. The van der Waals surface area contributed by atoms with Crippen molar-refractivity contribution in [3.05, 3.63) is 71.5 Å². The van der Waals surface area contributed by atoms with Gasteiger partial charge in [-0.2, -0.15) is 4.98 Å². The normalized spacial score (nSPS) is 23.5. The summed E-state index contributed by atoms with van der Waals surface area (Å²) in [6.07, 6.45) is 7.69. The Morgan fingerprint density at radius 1 is 1.09 bits per heavy atom. The lowest BCUT2D eigenvalue weighted by Crippen LogP contribution is -2.50. The second-order valence-corrected chi connectivity index (χ2v) is 14.4. The quantitative estimate of drug-likeness (QED) is 0.491. The van der Waals surface area contributed by atoms with Crippen LogP contribution in [0.4, 0.5) is 5.95 Å². The Morgan fingerprint density at radius 3 is 2.55 bits per heavy atom. The fourth-order valence-corrected chi connectivity index (χ4v) is 7.94. The molecule has 1 amide bonds. The average Bonchev–Trinajstić information content (AvgIpc) is 3.18. The van der Waals surface area contributed by atoms with E-state index < -0.39 is 10.0 Å². The van der Waals surface area contributed by atoms with E-state index in [0.29, 0.717) is 48.9 Å². The van der Waals surface area contributed by atoms with Crippen LogP contribution in [0.25, 0.3) is 5.57 Å². The molecule has 0 radical (unpaired) electrons. The van der Waals surface area contributed by atoms with Crippen molar-refractivity contribution < 1.29 is 22.7 Å². The number of ether oxygens (including phenoxy) is 2. The van der Waals surface area contributed by atoms with Crippen LogP contribution in [0, 0.1) is 5.41 Å². The summed E-state index contributed by atoms with van der Waals surface area (Å²) in [6.45, 7) is 13.7. The lowest BCUT2D eigenvalue weighted by Gasteiger charge is -2.48. The molecule has 6 rings (SSSR count). The van der Waals surface area contributed by atoms with Gasteiger partial charge in [0.05, 0.1) is 30.3 Å². The average molecular weight is 620 g/mol. The lowest BCUT2D eigenvalue weighted by atomic mass is 9.71. The minimum atomic E-state index is -4.10. The van der Waals surface area contributed by atoms with Crippen LogP contribution in [0.5, 0.6) is 5.88 Å². The van der Waals surface area contributed by atoms with Crippen LogP contribution in [0.3, 0.4) is 0 Å². The zero-order valence-corrected chi connectivity index (χ0v) is 26.5. The number of fused-ring (bicyclic) bond motifs is 6. The second kappa shape index (κ2) is 12.1. The summed E-state index contributed by atoms with van der Waals surface area (Å²) in [5.74, 6) is -0.0695. The Labute approximate surface area is 259 Å². The number of allylic oxidation sites excluding steroid dienone is 5. The number of amides is 1. The van der Waals surface area contributed by atoms with Crippen molar-refractivity contribution in [3.63, 3.8) is 0 Å². The van der Waals surface area contributed by atoms with Crippen molar-refractivity contribution in [2.45, 2.75) is 63.5 Å². The van der Waals surface area contributed by atoms with E-state index in [1.807, 2.05) is 26.8 Å². The molecule has 11 heteroatoms. The van der Waals surface area contributed by atoms with Crippen LogP contribution in [0.15, 0.2) is 65.1 Å². The molecular formula is C33H41N5O5S. The summed E-state index contributed by atoms with van der Waals surface area (Å²) >= 11 is 0. The Balaban J connectivity index is 1.41. The van der Waals surface area contributed by atoms with Gasteiger partial charge in [0.1, 0.15) is 6.10 Å². The summed E-state index contributed by atoms with van der Waals surface area (Å²) < 4.78 is 41.7. The molecule has 234 valence electrons. The number of hydrogen-bond donors (Lipinski definition) is 1. The molecule has 1 spiro atoms. The number of nitrogens with one attached hydrogen (secondary N) is 1. The fourth-order valence-electron chi connectivity index (χ4n) is 6.95. The first kappa shape index (κ1) is 30.5. The molecule has 1 aromatic carbocycles. The van der Waals surface area contributed by atoms with Crippen molar-refractivity contribution in [2.24, 2.45) is 5.41 Å². The Bertz CT molecular complexity index is 1620. The van der Waals surface area contributed by atoms with E-state index in [2.05, 4.69) is 26.2 Å². The topological polar surface area (TPSA) is 114 Å². The van der Waals surface area contributed by atoms with Gasteiger partial charge in [-0.1, -0.05) is 30.4 Å². The smallest absolute Gasteiger partial charge is 0.264 e. The Morgan fingerprint density at radius 2 is 1.86 bits per heavy atom. The Kier molecular flexibility index (Phi) is 8.38. The van der Waals surface area contributed by atoms with Crippen molar-refractivity contribution in [2.75, 3.05) is 44.1 Å². The summed E-state index contributed by atoms with van der Waals surface area (Å²) in [4.78, 5) is 27.2. The predicted octanol–water partition coefficient (Wildman–Crippen LogP) is 4.68. The molecule has 1 aromatic heterocycles. The van der Waals surface area contributed by atoms with Crippen LogP contribution < -0.4 is 9.46 Å². The van der Waals surface area contributed by atoms with Crippen molar-refractivity contribution >= 4 is 27.5 Å². The monoisotopic (exact) mass is 619 g/mol. The highest BCUT2D eigenvalue weighted by molar-refractivity contribution is 7.92. The molecule has 2 aromatic rings. The molecule has 2 saturated heterocycles. The van der Waals surface area contributed by atoms with E-state index in [0.717, 1.165) is 55.6 Å². The molecular weight excluding hydrogens is 578 g/mol. The van der Waals surface area contributed by atoms with Crippen molar-refractivity contribution in [1.82, 2.24) is 19.8 Å². The van der Waals surface area contributed by atoms with Gasteiger partial charge in [-0.15, -0.1) is 0 Å². The zero-order chi connectivity index (χ0) is 31.1. The maximum Gasteiger partial charge on any atom is 0.264 e. The van der Waals surface area contributed by atoms with Gasteiger partial charge in [-0.25, -0.2) is 18.1 Å². The Hall–Kier alpha value is -3.54. The summed E-state index contributed by atoms with van der Waals surface area (Å²) in [6, 6.07) is 8.29. The first-order valence-corrected chi connectivity index (χ1v) is 16.8. The number of rotatable bonds is 4. The van der Waals surface area contributed by atoms with Gasteiger partial charge < -0.3 is 14.4 Å². The number of sulfonamides is 1. The van der Waals surface area contributed by atoms with Gasteiger partial charge in [0.15, 0.2) is 0 Å². The third-order valence-electron chi connectivity index (χ3n) is 9.28. The third-order valence-corrected chi connectivity index (χ3v) is 10.6. The molecule has 4 heterocycles. The van der Waals surface area contributed by atoms with Crippen molar-refractivity contribution in [3.8, 4) is 5.88 Å². The highest BCUT2D eigenvalue weighted by Crippen LogP contribution is 2.43. The van der Waals surface area contributed by atoms with E-state index in [9.17, 15) is 13.2 Å². The third kappa shape index (κ3) is 6.18. The van der Waals surface area contributed by atoms with Crippen LogP contribution in [0.2, 0.25) is 0 Å². The zero-order valence-electron chi connectivity index (χ0n) is 25.7. The summed E-state index contributed by atoms with van der Waals surface area (Å²) in [7, 11) is -4.10. The van der Waals surface area contributed by atoms with E-state index in [1.54, 1.807) is 29.2 Å². The summed E-state index contributed by atoms with van der Waals surface area (Å²) in [5, 5.41) is 0. The molecule has 1 atom stereocenters. The molecule has 6 bridgehead atoms. The number of benzene rings is 1. The largest absolute Gasteiger partial charge is 0.471 e. The van der Waals surface area contributed by atoms with E-state index >= 15 is 0 Å². The molecule has 1 N–H and O–H groups in total. The molecule has 4 aliphatic rings. The van der Waals surface area contributed by atoms with Gasteiger partial charge >= 0.3 is 0 Å². The van der Waals surface area contributed by atoms with E-state index in [1.165, 1.54) is 12.1 Å². The van der Waals surface area contributed by atoms with Gasteiger partial charge in [0, 0.05) is 48.3 Å². The van der Waals surface area contributed by atoms with Gasteiger partial charge in [-0.3, -0.25) is 9.69 Å². The summed E-state index contributed by atoms with van der Waals surface area (Å²) in [5.41, 5.74) is 3.96. The number of nitrogens with zero attached hydrogens (tertiary/aromatic N) is 4. The van der Waals surface area contributed by atoms with Crippen LogP contribution in [-0.2, 0) is 14.8 Å². The maximum atomic E-state index is 13.8. The number of carbonyl (C=O) groups excluding carboxylic acids is 1. The van der Waals surface area contributed by atoms with Gasteiger partial charge in [0.2, 0.25) is 11.8 Å².